The highest BCUT2D eigenvalue weighted by Crippen LogP contribution is 1.50. The largest absolute Gasteiger partial charge is 0.333 e. The van der Waals surface area contributed by atoms with Crippen LogP contribution in [-0.4, -0.2) is 20.3 Å². The molecule has 2 heteroatoms. The van der Waals surface area contributed by atoms with Gasteiger partial charge in [-0.2, -0.15) is 0 Å². The van der Waals surface area contributed by atoms with Gasteiger partial charge in [0.2, 0.25) is 0 Å². The molecule has 8 heavy (non-hydrogen) atoms. The highest BCUT2D eigenvalue weighted by atomic mass is 14.6. The summed E-state index contributed by atoms with van der Waals surface area (Å²) in [5.74, 6) is 0. The van der Waals surface area contributed by atoms with E-state index in [0.717, 1.165) is 6.54 Å². The third kappa shape index (κ3) is 749. The number of nitrogens with two attached hydrogens (primary N) is 1. The maximum atomic E-state index is 4.50. The van der Waals surface area contributed by atoms with E-state index in [9.17, 15) is 0 Å². The van der Waals surface area contributed by atoms with Gasteiger partial charge in [0.05, 0.1) is 0 Å². The second kappa shape index (κ2) is 97.9. The van der Waals surface area contributed by atoms with Crippen LogP contribution in [0.4, 0.5) is 0 Å². The van der Waals surface area contributed by atoms with E-state index in [1.54, 1.807) is 0 Å². The Bertz CT molecular complexity index is 27.7. The van der Waals surface area contributed by atoms with Gasteiger partial charge in [0.25, 0.3) is 0 Å². The second-order valence-electron chi connectivity index (χ2n) is 0.540. The molecule has 0 aromatic carbocycles. The van der Waals surface area contributed by atoms with Gasteiger partial charge in [0.15, 0.2) is 0 Å². The van der Waals surface area contributed by atoms with Crippen molar-refractivity contribution in [3.63, 3.8) is 0 Å². The molecule has 0 rings (SSSR count). The molecule has 0 aliphatic rings. The molecule has 0 heterocycles. The van der Waals surface area contributed by atoms with Crippen molar-refractivity contribution in [2.45, 2.75) is 6.92 Å². The van der Waals surface area contributed by atoms with Crippen LogP contribution in [0.3, 0.4) is 0 Å². The second-order valence-corrected chi connectivity index (χ2v) is 0.540. The summed E-state index contributed by atoms with van der Waals surface area (Å²) in [4.78, 5) is 3.49. The van der Waals surface area contributed by atoms with Gasteiger partial charge in [-0.05, 0) is 20.7 Å². The molecule has 0 spiro atoms. The molecule has 2 N–H and O–H groups in total. The SMILES string of the molecule is C=C.C=NCC.CN. The first-order valence-corrected chi connectivity index (χ1v) is 2.42. The summed E-state index contributed by atoms with van der Waals surface area (Å²) in [5.41, 5.74) is 4.50. The minimum atomic E-state index is 0.833. The molecule has 0 unspecified atom stereocenters. The lowest BCUT2D eigenvalue weighted by Crippen LogP contribution is -1.69. The zero-order chi connectivity index (χ0) is 7.41. The lowest BCUT2D eigenvalue weighted by Gasteiger charge is -1.61. The summed E-state index contributed by atoms with van der Waals surface area (Å²) in [6, 6.07) is 0. The Morgan fingerprint density at radius 1 is 1.38 bits per heavy atom. The Morgan fingerprint density at radius 2 is 1.50 bits per heavy atom. The fourth-order valence-electron chi connectivity index (χ4n) is 0. The Balaban J connectivity index is -0.0000000542. The van der Waals surface area contributed by atoms with Gasteiger partial charge in [0.1, 0.15) is 0 Å². The first-order chi connectivity index (χ1) is 3.91. The average molecular weight is 116 g/mol. The van der Waals surface area contributed by atoms with Crippen molar-refractivity contribution in [2.24, 2.45) is 10.7 Å². The van der Waals surface area contributed by atoms with E-state index in [4.69, 9.17) is 0 Å². The van der Waals surface area contributed by atoms with Crippen molar-refractivity contribution in [1.29, 1.82) is 0 Å². The zero-order valence-electron chi connectivity index (χ0n) is 5.85. The molecule has 0 amide bonds. The summed E-state index contributed by atoms with van der Waals surface area (Å²) in [6.45, 7) is 12.0. The van der Waals surface area contributed by atoms with Crippen molar-refractivity contribution in [3.8, 4) is 0 Å². The highest BCUT2D eigenvalue weighted by Gasteiger charge is 1.43. The molecular formula is C6H16N2. The summed E-state index contributed by atoms with van der Waals surface area (Å²) < 4.78 is 0. The maximum Gasteiger partial charge on any atom is 0.0353 e. The molecule has 0 atom stereocenters. The lowest BCUT2D eigenvalue weighted by molar-refractivity contribution is 1.15. The number of nitrogens with zero attached hydrogens (tertiary/aromatic N) is 1. The molecule has 0 bridgehead atoms. The monoisotopic (exact) mass is 116 g/mol. The Hall–Kier alpha value is -0.630. The van der Waals surface area contributed by atoms with Crippen LogP contribution in [0.1, 0.15) is 6.92 Å². The summed E-state index contributed by atoms with van der Waals surface area (Å²) >= 11 is 0. The zero-order valence-corrected chi connectivity index (χ0v) is 5.85. The van der Waals surface area contributed by atoms with E-state index < -0.39 is 0 Å². The third-order valence-corrected chi connectivity index (χ3v) is 0.224. The number of aliphatic imine (C=N–C) groups is 1. The number of rotatable bonds is 1. The van der Waals surface area contributed by atoms with E-state index in [-0.39, 0.29) is 0 Å². The average Bonchev–Trinajstić information content (AvgIpc) is 1.96. The molecular weight excluding hydrogens is 100 g/mol. The number of hydrogen-bond donors (Lipinski definition) is 1. The van der Waals surface area contributed by atoms with E-state index in [1.807, 2.05) is 6.92 Å². The predicted molar refractivity (Wildman–Crippen MR) is 41.5 cm³/mol. The molecule has 2 nitrogen and oxygen atoms in total. The van der Waals surface area contributed by atoms with Crippen molar-refractivity contribution in [2.75, 3.05) is 13.6 Å². The summed E-state index contributed by atoms with van der Waals surface area (Å²) in [5, 5.41) is 0. The Labute approximate surface area is 52.1 Å². The topological polar surface area (TPSA) is 38.4 Å². The first kappa shape index (κ1) is 15.7. The van der Waals surface area contributed by atoms with Gasteiger partial charge in [0, 0.05) is 6.54 Å². The normalized spacial score (nSPS) is 4.38. The van der Waals surface area contributed by atoms with E-state index in [0.29, 0.717) is 0 Å². The highest BCUT2D eigenvalue weighted by molar-refractivity contribution is 5.22. The summed E-state index contributed by atoms with van der Waals surface area (Å²) in [7, 11) is 1.50. The van der Waals surface area contributed by atoms with Gasteiger partial charge in [-0.25, -0.2) is 0 Å². The summed E-state index contributed by atoms with van der Waals surface area (Å²) in [6.07, 6.45) is 0. The minimum Gasteiger partial charge on any atom is -0.333 e. The van der Waals surface area contributed by atoms with Gasteiger partial charge >= 0.3 is 0 Å². The predicted octanol–water partition coefficient (Wildman–Crippen LogP) is 1.08. The van der Waals surface area contributed by atoms with Gasteiger partial charge in [-0.3, -0.25) is 0 Å². The fraction of sp³-hybridized carbons (Fsp3) is 0.500. The van der Waals surface area contributed by atoms with Crippen LogP contribution < -0.4 is 5.73 Å². The quantitative estimate of drug-likeness (QED) is 0.404. The van der Waals surface area contributed by atoms with E-state index in [2.05, 4.69) is 30.6 Å². The number of hydrogen-bond acceptors (Lipinski definition) is 2. The minimum absolute atomic E-state index is 0.833. The molecule has 0 saturated heterocycles. The molecule has 0 fully saturated rings. The third-order valence-electron chi connectivity index (χ3n) is 0.224. The smallest absolute Gasteiger partial charge is 0.0353 e. The molecule has 0 aliphatic heterocycles. The molecule has 0 aromatic rings. The van der Waals surface area contributed by atoms with Crippen LogP contribution in [-0.2, 0) is 0 Å². The van der Waals surface area contributed by atoms with Gasteiger partial charge in [-0.15, -0.1) is 13.2 Å². The molecule has 50 valence electrons. The molecule has 0 aliphatic carbocycles. The van der Waals surface area contributed by atoms with Gasteiger partial charge in [-0.1, -0.05) is 0 Å². The molecule has 0 radical (unpaired) electrons. The van der Waals surface area contributed by atoms with Crippen LogP contribution >= 0.6 is 0 Å². The van der Waals surface area contributed by atoms with Crippen LogP contribution in [0, 0.1) is 0 Å². The Morgan fingerprint density at radius 3 is 1.50 bits per heavy atom. The molecule has 0 aromatic heterocycles. The van der Waals surface area contributed by atoms with E-state index in [1.165, 1.54) is 7.05 Å². The van der Waals surface area contributed by atoms with E-state index >= 15 is 0 Å². The molecule has 0 saturated carbocycles. The standard InChI is InChI=1S/C3H7N.C2H4.CH5N/c1-3-4-2;2*1-2/h2-3H2,1H3;1-2H2;2H2,1H3. The van der Waals surface area contributed by atoms with Crippen molar-refractivity contribution < 1.29 is 0 Å². The van der Waals surface area contributed by atoms with Crippen LogP contribution in [0.25, 0.3) is 0 Å². The Kier molecular flexibility index (Phi) is 192. The van der Waals surface area contributed by atoms with Crippen LogP contribution in [0.5, 0.6) is 0 Å². The van der Waals surface area contributed by atoms with Crippen molar-refractivity contribution in [1.82, 2.24) is 0 Å². The van der Waals surface area contributed by atoms with Gasteiger partial charge < -0.3 is 10.7 Å². The van der Waals surface area contributed by atoms with Crippen LogP contribution in [0.2, 0.25) is 0 Å². The maximum absolute atomic E-state index is 4.50. The lowest BCUT2D eigenvalue weighted by atomic mass is 10.8. The van der Waals surface area contributed by atoms with Crippen molar-refractivity contribution >= 4 is 6.72 Å². The first-order valence-electron chi connectivity index (χ1n) is 2.42. The van der Waals surface area contributed by atoms with Crippen LogP contribution in [0.15, 0.2) is 18.2 Å². The van der Waals surface area contributed by atoms with Crippen molar-refractivity contribution in [3.05, 3.63) is 13.2 Å². The fourth-order valence-corrected chi connectivity index (χ4v) is 0.